The van der Waals surface area contributed by atoms with Gasteiger partial charge in [-0.2, -0.15) is 0 Å². The van der Waals surface area contributed by atoms with Gasteiger partial charge < -0.3 is 18.8 Å². The predicted octanol–water partition coefficient (Wildman–Crippen LogP) is 2.52. The minimum absolute atomic E-state index is 0.0102. The first-order valence-electron chi connectivity index (χ1n) is 10.6. The van der Waals surface area contributed by atoms with E-state index in [-0.39, 0.29) is 35.1 Å². The van der Waals surface area contributed by atoms with E-state index < -0.39 is 9.84 Å². The zero-order valence-corrected chi connectivity index (χ0v) is 19.8. The Labute approximate surface area is 191 Å². The fourth-order valence-corrected chi connectivity index (χ4v) is 6.88. The lowest BCUT2D eigenvalue weighted by Crippen LogP contribution is -2.32. The average Bonchev–Trinajstić information content (AvgIpc) is 3.51. The molecule has 4 rings (SSSR count). The SMILES string of the molecule is COc1ccc(OC)c(C2CCCN2C(=O)CSc2nnc(CC3CCS(=O)(=O)C3)o2)c1. The first-order valence-corrected chi connectivity index (χ1v) is 13.4. The molecule has 0 radical (unpaired) electrons. The summed E-state index contributed by atoms with van der Waals surface area (Å²) < 4.78 is 39.7. The molecule has 3 heterocycles. The molecule has 1 aromatic carbocycles. The third-order valence-electron chi connectivity index (χ3n) is 5.93. The van der Waals surface area contributed by atoms with Crippen LogP contribution in [0.15, 0.2) is 27.8 Å². The number of nitrogens with zero attached hydrogens (tertiary/aromatic N) is 3. The van der Waals surface area contributed by atoms with E-state index in [2.05, 4.69) is 10.2 Å². The molecule has 0 N–H and O–H groups in total. The van der Waals surface area contributed by atoms with Crippen LogP contribution in [-0.2, 0) is 21.1 Å². The summed E-state index contributed by atoms with van der Waals surface area (Å²) in [6.45, 7) is 0.676. The van der Waals surface area contributed by atoms with Crippen molar-refractivity contribution in [3.8, 4) is 11.5 Å². The van der Waals surface area contributed by atoms with E-state index in [9.17, 15) is 13.2 Å². The summed E-state index contributed by atoms with van der Waals surface area (Å²) in [5.74, 6) is 2.45. The van der Waals surface area contributed by atoms with E-state index in [1.807, 2.05) is 23.1 Å². The molecule has 0 aliphatic carbocycles. The van der Waals surface area contributed by atoms with E-state index in [0.717, 1.165) is 29.9 Å². The van der Waals surface area contributed by atoms with Crippen molar-refractivity contribution < 1.29 is 27.1 Å². The van der Waals surface area contributed by atoms with E-state index in [0.29, 0.717) is 30.5 Å². The van der Waals surface area contributed by atoms with Crippen LogP contribution in [0.2, 0.25) is 0 Å². The number of thioether (sulfide) groups is 1. The molecule has 1 amide bonds. The Kier molecular flexibility index (Phi) is 6.94. The minimum atomic E-state index is -2.94. The van der Waals surface area contributed by atoms with Gasteiger partial charge in [-0.15, -0.1) is 10.2 Å². The molecular weight excluding hydrogens is 454 g/mol. The number of benzene rings is 1. The summed E-state index contributed by atoms with van der Waals surface area (Å²) >= 11 is 1.20. The number of methoxy groups -OCH3 is 2. The van der Waals surface area contributed by atoms with Crippen molar-refractivity contribution in [1.29, 1.82) is 0 Å². The van der Waals surface area contributed by atoms with E-state index in [4.69, 9.17) is 13.9 Å². The first-order chi connectivity index (χ1) is 15.4. The Balaban J connectivity index is 1.37. The van der Waals surface area contributed by atoms with Crippen LogP contribution < -0.4 is 9.47 Å². The summed E-state index contributed by atoms with van der Waals surface area (Å²) in [6, 6.07) is 5.55. The number of hydrogen-bond donors (Lipinski definition) is 0. The lowest BCUT2D eigenvalue weighted by molar-refractivity contribution is -0.129. The number of carbonyl (C=O) groups excluding carboxylic acids is 1. The van der Waals surface area contributed by atoms with Crippen LogP contribution in [0.5, 0.6) is 11.5 Å². The number of likely N-dealkylation sites (tertiary alicyclic amines) is 1. The van der Waals surface area contributed by atoms with Gasteiger partial charge in [0.2, 0.25) is 11.8 Å². The highest BCUT2D eigenvalue weighted by Gasteiger charge is 2.33. The molecule has 2 fully saturated rings. The molecule has 9 nitrogen and oxygen atoms in total. The highest BCUT2D eigenvalue weighted by Crippen LogP contribution is 2.39. The normalized spacial score (nSPS) is 22.2. The first kappa shape index (κ1) is 22.9. The third-order valence-corrected chi connectivity index (χ3v) is 8.57. The van der Waals surface area contributed by atoms with E-state index in [1.54, 1.807) is 14.2 Å². The number of rotatable bonds is 8. The Morgan fingerprint density at radius 1 is 1.25 bits per heavy atom. The molecule has 0 spiro atoms. The molecule has 2 aliphatic heterocycles. The van der Waals surface area contributed by atoms with Gasteiger partial charge in [0.05, 0.1) is 37.5 Å². The highest BCUT2D eigenvalue weighted by atomic mass is 32.2. The summed E-state index contributed by atoms with van der Waals surface area (Å²) in [6.07, 6.45) is 2.84. The monoisotopic (exact) mass is 481 g/mol. The molecule has 174 valence electrons. The van der Waals surface area contributed by atoms with Crippen LogP contribution in [0.25, 0.3) is 0 Å². The molecule has 1 aromatic heterocycles. The molecule has 2 unspecified atom stereocenters. The number of sulfone groups is 1. The van der Waals surface area contributed by atoms with E-state index in [1.165, 1.54) is 11.8 Å². The number of hydrogen-bond acceptors (Lipinski definition) is 9. The van der Waals surface area contributed by atoms with Gasteiger partial charge in [-0.05, 0) is 43.4 Å². The van der Waals surface area contributed by atoms with Crippen molar-refractivity contribution in [2.75, 3.05) is 38.0 Å². The second-order valence-electron chi connectivity index (χ2n) is 8.08. The lowest BCUT2D eigenvalue weighted by atomic mass is 10.0. The fraction of sp³-hybridized carbons (Fsp3) is 0.571. The maximum atomic E-state index is 13.0. The molecule has 2 saturated heterocycles. The maximum absolute atomic E-state index is 13.0. The summed E-state index contributed by atoms with van der Waals surface area (Å²) in [7, 11) is 0.297. The van der Waals surface area contributed by atoms with Gasteiger partial charge in [-0.3, -0.25) is 4.79 Å². The minimum Gasteiger partial charge on any atom is -0.497 e. The summed E-state index contributed by atoms with van der Waals surface area (Å²) in [5.41, 5.74) is 0.939. The van der Waals surface area contributed by atoms with E-state index >= 15 is 0 Å². The number of carbonyl (C=O) groups is 1. The summed E-state index contributed by atoms with van der Waals surface area (Å²) in [5, 5.41) is 8.35. The molecule has 0 bridgehead atoms. The van der Waals surface area contributed by atoms with Crippen molar-refractivity contribution in [3.63, 3.8) is 0 Å². The third kappa shape index (κ3) is 5.20. The van der Waals surface area contributed by atoms with Gasteiger partial charge in [0, 0.05) is 18.5 Å². The van der Waals surface area contributed by atoms with Gasteiger partial charge >= 0.3 is 0 Å². The molecule has 32 heavy (non-hydrogen) atoms. The quantitative estimate of drug-likeness (QED) is 0.525. The average molecular weight is 482 g/mol. The molecule has 2 aromatic rings. The Hall–Kier alpha value is -2.27. The topological polar surface area (TPSA) is 112 Å². The zero-order valence-electron chi connectivity index (χ0n) is 18.2. The Morgan fingerprint density at radius 2 is 2.09 bits per heavy atom. The molecular formula is C21H27N3O6S2. The van der Waals surface area contributed by atoms with Crippen LogP contribution in [-0.4, -0.2) is 67.4 Å². The van der Waals surface area contributed by atoms with Crippen LogP contribution >= 0.6 is 11.8 Å². The van der Waals surface area contributed by atoms with Crippen LogP contribution in [0.4, 0.5) is 0 Å². The van der Waals surface area contributed by atoms with Crippen molar-refractivity contribution in [2.24, 2.45) is 5.92 Å². The molecule has 11 heteroatoms. The number of ether oxygens (including phenoxy) is 2. The van der Waals surface area contributed by atoms with Crippen LogP contribution in [0.3, 0.4) is 0 Å². The van der Waals surface area contributed by atoms with Gasteiger partial charge in [0.1, 0.15) is 11.5 Å². The summed E-state index contributed by atoms with van der Waals surface area (Å²) in [4.78, 5) is 14.9. The van der Waals surface area contributed by atoms with Gasteiger partial charge in [-0.1, -0.05) is 11.8 Å². The standard InChI is InChI=1S/C21H27N3O6S2/c1-28-15-5-6-18(29-2)16(11-15)17-4-3-8-24(17)20(25)12-31-21-23-22-19(30-21)10-14-7-9-32(26,27)13-14/h5-6,11,14,17H,3-4,7-10,12-13H2,1-2H3. The second kappa shape index (κ2) is 9.70. The fourth-order valence-electron chi connectivity index (χ4n) is 4.35. The maximum Gasteiger partial charge on any atom is 0.277 e. The largest absolute Gasteiger partial charge is 0.497 e. The molecule has 0 saturated carbocycles. The smallest absolute Gasteiger partial charge is 0.277 e. The Morgan fingerprint density at radius 3 is 2.81 bits per heavy atom. The Bertz CT molecular complexity index is 1070. The van der Waals surface area contributed by atoms with Gasteiger partial charge in [0.25, 0.3) is 5.22 Å². The number of amides is 1. The number of aromatic nitrogens is 2. The van der Waals surface area contributed by atoms with Crippen LogP contribution in [0.1, 0.15) is 36.8 Å². The highest BCUT2D eigenvalue weighted by molar-refractivity contribution is 7.99. The van der Waals surface area contributed by atoms with Crippen molar-refractivity contribution in [2.45, 2.75) is 36.9 Å². The zero-order chi connectivity index (χ0) is 22.7. The second-order valence-corrected chi connectivity index (χ2v) is 11.2. The van der Waals surface area contributed by atoms with Crippen LogP contribution in [0, 0.1) is 5.92 Å². The van der Waals surface area contributed by atoms with Crippen molar-refractivity contribution in [3.05, 3.63) is 29.7 Å². The lowest BCUT2D eigenvalue weighted by Gasteiger charge is -2.26. The van der Waals surface area contributed by atoms with Crippen molar-refractivity contribution >= 4 is 27.5 Å². The van der Waals surface area contributed by atoms with Gasteiger partial charge in [0.15, 0.2) is 9.84 Å². The predicted molar refractivity (Wildman–Crippen MR) is 119 cm³/mol. The van der Waals surface area contributed by atoms with Crippen molar-refractivity contribution in [1.82, 2.24) is 15.1 Å². The van der Waals surface area contributed by atoms with Gasteiger partial charge in [-0.25, -0.2) is 8.42 Å². The molecule has 2 atom stereocenters. The molecule has 2 aliphatic rings.